The normalized spacial score (nSPS) is 9.40. The van der Waals surface area contributed by atoms with Crippen LogP contribution in [0, 0.1) is 0 Å². The fraction of sp³-hybridized carbons (Fsp3) is 0. The highest BCUT2D eigenvalue weighted by atomic mass is 35.5. The van der Waals surface area contributed by atoms with Gasteiger partial charge in [-0.3, -0.25) is 0 Å². The molecule has 20 heavy (non-hydrogen) atoms. The molecular formula is C16H12Cl4. The van der Waals surface area contributed by atoms with Crippen LogP contribution in [0.1, 0.15) is 11.1 Å². The van der Waals surface area contributed by atoms with Gasteiger partial charge in [0, 0.05) is 31.2 Å². The molecule has 0 aliphatic carbocycles. The molecule has 0 aliphatic heterocycles. The van der Waals surface area contributed by atoms with Crippen molar-refractivity contribution in [1.82, 2.24) is 0 Å². The maximum atomic E-state index is 5.77. The summed E-state index contributed by atoms with van der Waals surface area (Å²) < 4.78 is 0. The van der Waals surface area contributed by atoms with Crippen molar-refractivity contribution in [2.75, 3.05) is 0 Å². The zero-order valence-corrected chi connectivity index (χ0v) is 13.6. The van der Waals surface area contributed by atoms with E-state index in [1.54, 1.807) is 48.6 Å². The molecule has 0 spiro atoms. The Balaban J connectivity index is 0.000000200. The van der Waals surface area contributed by atoms with Gasteiger partial charge in [-0.1, -0.05) is 83.8 Å². The molecule has 0 unspecified atom stereocenters. The van der Waals surface area contributed by atoms with Gasteiger partial charge in [-0.2, -0.15) is 0 Å². The molecule has 2 rings (SSSR count). The lowest BCUT2D eigenvalue weighted by molar-refractivity contribution is 1.66. The second kappa shape index (κ2) is 8.39. The zero-order chi connectivity index (χ0) is 15.1. The molecule has 0 atom stereocenters. The number of halogens is 4. The molecule has 0 radical (unpaired) electrons. The van der Waals surface area contributed by atoms with Crippen LogP contribution in [-0.2, 0) is 0 Å². The maximum absolute atomic E-state index is 5.77. The highest BCUT2D eigenvalue weighted by Gasteiger charge is 1.99. The van der Waals surface area contributed by atoms with Crippen LogP contribution in [0.15, 0.2) is 49.6 Å². The molecule has 0 saturated heterocycles. The highest BCUT2D eigenvalue weighted by Crippen LogP contribution is 2.25. The third-order valence-electron chi connectivity index (χ3n) is 2.41. The summed E-state index contributed by atoms with van der Waals surface area (Å²) in [6.45, 7) is 7.17. The van der Waals surface area contributed by atoms with E-state index < -0.39 is 0 Å². The predicted octanol–water partition coefficient (Wildman–Crippen LogP) is 7.27. The minimum atomic E-state index is 0.641. The van der Waals surface area contributed by atoms with E-state index in [9.17, 15) is 0 Å². The molecule has 0 N–H and O–H groups in total. The van der Waals surface area contributed by atoms with Crippen LogP contribution in [0.4, 0.5) is 0 Å². The second-order valence-electron chi connectivity index (χ2n) is 3.68. The Morgan fingerprint density at radius 2 is 0.850 bits per heavy atom. The van der Waals surface area contributed by atoms with E-state index in [0.717, 1.165) is 11.1 Å². The molecule has 0 bridgehead atoms. The largest absolute Gasteiger partial charge is 0.0984 e. The molecule has 2 aromatic carbocycles. The van der Waals surface area contributed by atoms with Gasteiger partial charge >= 0.3 is 0 Å². The standard InChI is InChI=1S/2C8H6Cl2/c2*1-2-6-7(9)4-3-5-8(6)10/h2*2-5H,1H2. The summed E-state index contributed by atoms with van der Waals surface area (Å²) in [4.78, 5) is 0. The fourth-order valence-electron chi connectivity index (χ4n) is 1.41. The molecule has 2 aromatic rings. The molecular weight excluding hydrogens is 334 g/mol. The van der Waals surface area contributed by atoms with E-state index >= 15 is 0 Å². The van der Waals surface area contributed by atoms with E-state index in [4.69, 9.17) is 46.4 Å². The van der Waals surface area contributed by atoms with Gasteiger partial charge in [0.25, 0.3) is 0 Å². The minimum Gasteiger partial charge on any atom is -0.0984 e. The van der Waals surface area contributed by atoms with Crippen molar-refractivity contribution >= 4 is 58.6 Å². The van der Waals surface area contributed by atoms with Gasteiger partial charge in [0.15, 0.2) is 0 Å². The molecule has 0 amide bonds. The Bertz CT molecular complexity index is 522. The Labute approximate surface area is 139 Å². The van der Waals surface area contributed by atoms with Crippen LogP contribution in [0.5, 0.6) is 0 Å². The first kappa shape index (κ1) is 17.1. The molecule has 0 aromatic heterocycles. The summed E-state index contributed by atoms with van der Waals surface area (Å²) in [5.74, 6) is 0. The van der Waals surface area contributed by atoms with Gasteiger partial charge in [0.05, 0.1) is 0 Å². The Morgan fingerprint density at radius 3 is 1.00 bits per heavy atom. The monoisotopic (exact) mass is 344 g/mol. The van der Waals surface area contributed by atoms with Crippen molar-refractivity contribution < 1.29 is 0 Å². The van der Waals surface area contributed by atoms with Crippen LogP contribution in [0.2, 0.25) is 20.1 Å². The Morgan fingerprint density at radius 1 is 0.600 bits per heavy atom. The summed E-state index contributed by atoms with van der Waals surface area (Å²) >= 11 is 23.1. The van der Waals surface area contributed by atoms with Crippen LogP contribution in [0.25, 0.3) is 12.2 Å². The van der Waals surface area contributed by atoms with E-state index in [1.165, 1.54) is 0 Å². The smallest absolute Gasteiger partial charge is 0.0493 e. The molecule has 0 nitrogen and oxygen atoms in total. The third kappa shape index (κ3) is 4.57. The average Bonchev–Trinajstić information content (AvgIpc) is 2.40. The highest BCUT2D eigenvalue weighted by molar-refractivity contribution is 6.37. The first-order chi connectivity index (χ1) is 9.51. The number of benzene rings is 2. The van der Waals surface area contributed by atoms with Crippen molar-refractivity contribution in [2.24, 2.45) is 0 Å². The maximum Gasteiger partial charge on any atom is 0.0493 e. The topological polar surface area (TPSA) is 0 Å². The molecule has 104 valence electrons. The van der Waals surface area contributed by atoms with Crippen LogP contribution >= 0.6 is 46.4 Å². The average molecular weight is 346 g/mol. The van der Waals surface area contributed by atoms with Crippen molar-refractivity contribution in [3.8, 4) is 0 Å². The fourth-order valence-corrected chi connectivity index (χ4v) is 2.51. The van der Waals surface area contributed by atoms with Gasteiger partial charge < -0.3 is 0 Å². The summed E-state index contributed by atoms with van der Waals surface area (Å²) in [5, 5.41) is 2.56. The number of hydrogen-bond donors (Lipinski definition) is 0. The molecule has 4 heteroatoms. The van der Waals surface area contributed by atoms with Gasteiger partial charge in [0.2, 0.25) is 0 Å². The van der Waals surface area contributed by atoms with Gasteiger partial charge in [-0.15, -0.1) is 0 Å². The molecule has 0 fully saturated rings. The second-order valence-corrected chi connectivity index (χ2v) is 5.31. The van der Waals surface area contributed by atoms with Gasteiger partial charge in [-0.05, 0) is 24.3 Å². The van der Waals surface area contributed by atoms with Crippen molar-refractivity contribution in [3.63, 3.8) is 0 Å². The number of hydrogen-bond acceptors (Lipinski definition) is 0. The van der Waals surface area contributed by atoms with Crippen LogP contribution < -0.4 is 0 Å². The summed E-state index contributed by atoms with van der Waals surface area (Å²) in [6.07, 6.45) is 3.29. The van der Waals surface area contributed by atoms with E-state index in [-0.39, 0.29) is 0 Å². The molecule has 0 heterocycles. The predicted molar refractivity (Wildman–Crippen MR) is 93.1 cm³/mol. The lowest BCUT2D eigenvalue weighted by atomic mass is 10.2. The first-order valence-electron chi connectivity index (χ1n) is 5.64. The lowest BCUT2D eigenvalue weighted by Crippen LogP contribution is -1.74. The third-order valence-corrected chi connectivity index (χ3v) is 3.73. The van der Waals surface area contributed by atoms with Gasteiger partial charge in [0.1, 0.15) is 0 Å². The summed E-state index contributed by atoms with van der Waals surface area (Å²) in [5.41, 5.74) is 1.59. The van der Waals surface area contributed by atoms with Crippen LogP contribution in [0.3, 0.4) is 0 Å². The summed E-state index contributed by atoms with van der Waals surface area (Å²) in [6, 6.07) is 10.7. The Hall–Kier alpha value is -0.920. The van der Waals surface area contributed by atoms with Crippen molar-refractivity contribution in [2.45, 2.75) is 0 Å². The Kier molecular flexibility index (Phi) is 7.18. The molecule has 0 saturated carbocycles. The lowest BCUT2D eigenvalue weighted by Gasteiger charge is -1.98. The van der Waals surface area contributed by atoms with E-state index in [2.05, 4.69) is 13.2 Å². The number of rotatable bonds is 2. The minimum absolute atomic E-state index is 0.641. The van der Waals surface area contributed by atoms with E-state index in [0.29, 0.717) is 20.1 Å². The van der Waals surface area contributed by atoms with Crippen LogP contribution in [-0.4, -0.2) is 0 Å². The van der Waals surface area contributed by atoms with Gasteiger partial charge in [-0.25, -0.2) is 0 Å². The molecule has 0 aliphatic rings. The van der Waals surface area contributed by atoms with E-state index in [1.807, 2.05) is 0 Å². The van der Waals surface area contributed by atoms with Crippen molar-refractivity contribution in [3.05, 3.63) is 80.8 Å². The SMILES string of the molecule is C=Cc1c(Cl)cccc1Cl.C=Cc1c(Cl)cccc1Cl. The van der Waals surface area contributed by atoms with Crippen molar-refractivity contribution in [1.29, 1.82) is 0 Å². The zero-order valence-electron chi connectivity index (χ0n) is 10.5. The summed E-state index contributed by atoms with van der Waals surface area (Å²) in [7, 11) is 0. The first-order valence-corrected chi connectivity index (χ1v) is 7.15. The quantitative estimate of drug-likeness (QED) is 0.536.